The highest BCUT2D eigenvalue weighted by Crippen LogP contribution is 2.30. The fraction of sp³-hybridized carbons (Fsp3) is 0.0500. The number of halogens is 3. The molecule has 0 bridgehead atoms. The Morgan fingerprint density at radius 3 is 2.58 bits per heavy atom. The summed E-state index contributed by atoms with van der Waals surface area (Å²) in [4.78, 5) is 29.1. The van der Waals surface area contributed by atoms with Crippen molar-refractivity contribution in [3.8, 4) is 22.1 Å². The molecule has 1 amide bonds. The van der Waals surface area contributed by atoms with Gasteiger partial charge >= 0.3 is 6.18 Å². The first kappa shape index (κ1) is 20.4. The number of nitrogens with zero attached hydrogens (tertiary/aromatic N) is 2. The number of aromatic hydroxyl groups is 1. The van der Waals surface area contributed by atoms with E-state index in [0.717, 1.165) is 39.8 Å². The number of anilines is 1. The number of phenolic OH excluding ortho intramolecular Hbond substituents is 1. The molecule has 2 heterocycles. The minimum Gasteiger partial charge on any atom is -0.508 e. The number of aromatic nitrogens is 3. The molecule has 2 aromatic carbocycles. The number of carbonyl (C=O) groups excluding carboxylic acids is 1. The number of rotatable bonds is 4. The van der Waals surface area contributed by atoms with Crippen LogP contribution in [-0.4, -0.2) is 25.8 Å². The van der Waals surface area contributed by atoms with Crippen LogP contribution in [0, 0.1) is 0 Å². The molecule has 4 rings (SSSR count). The predicted molar refractivity (Wildman–Crippen MR) is 109 cm³/mol. The number of alkyl halides is 3. The highest BCUT2D eigenvalue weighted by atomic mass is 32.1. The van der Waals surface area contributed by atoms with Crippen LogP contribution in [0.15, 0.2) is 64.8 Å². The average Bonchev–Trinajstić information content (AvgIpc) is 3.35. The fourth-order valence-electron chi connectivity index (χ4n) is 2.76. The zero-order valence-electron chi connectivity index (χ0n) is 15.5. The van der Waals surface area contributed by atoms with Gasteiger partial charge in [-0.2, -0.15) is 17.9 Å². The van der Waals surface area contributed by atoms with Gasteiger partial charge < -0.3 is 10.4 Å². The van der Waals surface area contributed by atoms with Crippen molar-refractivity contribution in [2.24, 2.45) is 0 Å². The van der Waals surface area contributed by atoms with Crippen LogP contribution < -0.4 is 10.9 Å². The summed E-state index contributed by atoms with van der Waals surface area (Å²) in [5.41, 5.74) is -0.360. The normalized spacial score (nSPS) is 11.5. The van der Waals surface area contributed by atoms with E-state index >= 15 is 0 Å². The summed E-state index contributed by atoms with van der Waals surface area (Å²) < 4.78 is 39.6. The van der Waals surface area contributed by atoms with Crippen molar-refractivity contribution in [1.29, 1.82) is 0 Å². The van der Waals surface area contributed by atoms with Gasteiger partial charge in [-0.1, -0.05) is 6.07 Å². The largest absolute Gasteiger partial charge is 0.508 e. The van der Waals surface area contributed by atoms with Gasteiger partial charge in [-0.25, -0.2) is 4.98 Å². The van der Waals surface area contributed by atoms with Crippen LogP contribution in [0.1, 0.15) is 16.1 Å². The van der Waals surface area contributed by atoms with Gasteiger partial charge in [-0.15, -0.1) is 11.3 Å². The van der Waals surface area contributed by atoms with Crippen molar-refractivity contribution in [3.05, 3.63) is 81.6 Å². The maximum Gasteiger partial charge on any atom is 0.416 e. The third-order valence-corrected chi connectivity index (χ3v) is 5.09. The van der Waals surface area contributed by atoms with E-state index in [-0.39, 0.29) is 22.3 Å². The number of benzene rings is 2. The van der Waals surface area contributed by atoms with Crippen LogP contribution in [0.2, 0.25) is 0 Å². The van der Waals surface area contributed by atoms with E-state index in [0.29, 0.717) is 5.69 Å². The van der Waals surface area contributed by atoms with Crippen LogP contribution in [-0.2, 0) is 6.18 Å². The van der Waals surface area contributed by atoms with Crippen LogP contribution in [0.25, 0.3) is 16.4 Å². The Balaban J connectivity index is 1.56. The van der Waals surface area contributed by atoms with Crippen molar-refractivity contribution >= 4 is 22.9 Å². The van der Waals surface area contributed by atoms with Gasteiger partial charge in [0.25, 0.3) is 11.5 Å². The number of phenols is 1. The Morgan fingerprint density at radius 1 is 1.13 bits per heavy atom. The molecule has 0 aliphatic carbocycles. The van der Waals surface area contributed by atoms with Gasteiger partial charge in [0.15, 0.2) is 0 Å². The van der Waals surface area contributed by atoms with Crippen LogP contribution >= 0.6 is 11.3 Å². The first-order chi connectivity index (χ1) is 14.7. The Bertz CT molecular complexity index is 1310. The first-order valence-corrected chi connectivity index (χ1v) is 9.65. The molecular weight excluding hydrogens is 433 g/mol. The molecular formula is C20H13F3N4O3S. The maximum atomic E-state index is 12.8. The number of amides is 1. The minimum atomic E-state index is -4.54. The number of H-pyrrole nitrogens is 1. The zero-order valence-corrected chi connectivity index (χ0v) is 16.3. The second-order valence-electron chi connectivity index (χ2n) is 6.44. The SMILES string of the molecule is O=C(Nc1cccc(C(F)(F)F)c1)c1cc(=O)n(-c2nc(-c3ccc(O)cc3)cs2)[nH]1. The molecule has 11 heteroatoms. The van der Waals surface area contributed by atoms with Crippen molar-refractivity contribution in [2.75, 3.05) is 5.32 Å². The number of aromatic amines is 1. The summed E-state index contributed by atoms with van der Waals surface area (Å²) in [6, 6.07) is 11.6. The molecule has 0 unspecified atom stereocenters. The molecule has 3 N–H and O–H groups in total. The standard InChI is InChI=1S/C20H13F3N4O3S/c21-20(22,23)12-2-1-3-13(8-12)24-18(30)15-9-17(29)27(26-15)19-25-16(10-31-19)11-4-6-14(28)7-5-11/h1-10,26,28H,(H,24,30). The lowest BCUT2D eigenvalue weighted by molar-refractivity contribution is -0.137. The van der Waals surface area contributed by atoms with E-state index in [1.807, 2.05) is 0 Å². The number of hydrogen-bond acceptors (Lipinski definition) is 5. The van der Waals surface area contributed by atoms with E-state index in [1.54, 1.807) is 17.5 Å². The summed E-state index contributed by atoms with van der Waals surface area (Å²) in [5, 5.41) is 16.3. The molecule has 0 saturated carbocycles. The van der Waals surface area contributed by atoms with Crippen LogP contribution in [0.3, 0.4) is 0 Å². The number of carbonyl (C=O) groups is 1. The molecule has 0 spiro atoms. The van der Waals surface area contributed by atoms with Crippen molar-refractivity contribution < 1.29 is 23.1 Å². The molecule has 0 aliphatic rings. The molecule has 0 radical (unpaired) electrons. The van der Waals surface area contributed by atoms with E-state index < -0.39 is 23.2 Å². The van der Waals surface area contributed by atoms with Crippen molar-refractivity contribution in [1.82, 2.24) is 14.8 Å². The summed E-state index contributed by atoms with van der Waals surface area (Å²) >= 11 is 1.15. The van der Waals surface area contributed by atoms with Crippen LogP contribution in [0.4, 0.5) is 18.9 Å². The number of thiazole rings is 1. The van der Waals surface area contributed by atoms with E-state index in [2.05, 4.69) is 15.4 Å². The first-order valence-electron chi connectivity index (χ1n) is 8.77. The van der Waals surface area contributed by atoms with Crippen LogP contribution in [0.5, 0.6) is 5.75 Å². The molecule has 7 nitrogen and oxygen atoms in total. The second kappa shape index (κ2) is 7.76. The fourth-order valence-corrected chi connectivity index (χ4v) is 3.56. The molecule has 158 valence electrons. The molecule has 0 aliphatic heterocycles. The number of hydrogen-bond donors (Lipinski definition) is 3. The molecule has 0 saturated heterocycles. The Morgan fingerprint density at radius 2 is 1.87 bits per heavy atom. The van der Waals surface area contributed by atoms with E-state index in [9.17, 15) is 27.9 Å². The van der Waals surface area contributed by atoms with Crippen molar-refractivity contribution in [3.63, 3.8) is 0 Å². The van der Waals surface area contributed by atoms with Gasteiger partial charge in [0.2, 0.25) is 5.13 Å². The Labute approximate surface area is 176 Å². The molecule has 4 aromatic rings. The summed E-state index contributed by atoms with van der Waals surface area (Å²) in [7, 11) is 0. The van der Waals surface area contributed by atoms with Gasteiger partial charge in [0.05, 0.1) is 11.3 Å². The number of nitrogens with one attached hydrogen (secondary N) is 2. The smallest absolute Gasteiger partial charge is 0.416 e. The lowest BCUT2D eigenvalue weighted by atomic mass is 10.2. The van der Waals surface area contributed by atoms with E-state index in [4.69, 9.17) is 0 Å². The third-order valence-electron chi connectivity index (χ3n) is 4.26. The van der Waals surface area contributed by atoms with Crippen molar-refractivity contribution in [2.45, 2.75) is 6.18 Å². The minimum absolute atomic E-state index is 0.0581. The Hall–Kier alpha value is -3.86. The predicted octanol–water partition coefficient (Wildman–Crippen LogP) is 4.27. The lowest BCUT2D eigenvalue weighted by Crippen LogP contribution is -2.14. The second-order valence-corrected chi connectivity index (χ2v) is 7.27. The lowest BCUT2D eigenvalue weighted by Gasteiger charge is -2.09. The summed E-state index contributed by atoms with van der Waals surface area (Å²) in [5.74, 6) is -0.665. The maximum absolute atomic E-state index is 12.8. The highest BCUT2D eigenvalue weighted by Gasteiger charge is 2.30. The average molecular weight is 446 g/mol. The van der Waals surface area contributed by atoms with Gasteiger partial charge in [-0.3, -0.25) is 14.7 Å². The molecule has 31 heavy (non-hydrogen) atoms. The quantitative estimate of drug-likeness (QED) is 0.436. The van der Waals surface area contributed by atoms with Gasteiger partial charge in [0, 0.05) is 22.7 Å². The molecule has 0 atom stereocenters. The van der Waals surface area contributed by atoms with Gasteiger partial charge in [0.1, 0.15) is 11.4 Å². The zero-order chi connectivity index (χ0) is 22.2. The third kappa shape index (κ3) is 4.36. The molecule has 2 aromatic heterocycles. The van der Waals surface area contributed by atoms with Gasteiger partial charge in [-0.05, 0) is 42.5 Å². The highest BCUT2D eigenvalue weighted by molar-refractivity contribution is 7.12. The summed E-state index contributed by atoms with van der Waals surface area (Å²) in [6.07, 6.45) is -4.54. The van der Waals surface area contributed by atoms with E-state index in [1.165, 1.54) is 24.3 Å². The monoisotopic (exact) mass is 446 g/mol. The topological polar surface area (TPSA) is 100 Å². The molecule has 0 fully saturated rings. The Kier molecular flexibility index (Phi) is 5.11. The summed E-state index contributed by atoms with van der Waals surface area (Å²) in [6.45, 7) is 0.